The lowest BCUT2D eigenvalue weighted by Gasteiger charge is -2.31. The lowest BCUT2D eigenvalue weighted by molar-refractivity contribution is 0.0948. The van der Waals surface area contributed by atoms with E-state index in [0.29, 0.717) is 0 Å². The van der Waals surface area contributed by atoms with Gasteiger partial charge >= 0.3 is 0 Å². The predicted octanol–water partition coefficient (Wildman–Crippen LogP) is 4.91. The Kier molecular flexibility index (Phi) is 6.35. The summed E-state index contributed by atoms with van der Waals surface area (Å²) in [5.41, 5.74) is 0.697. The van der Waals surface area contributed by atoms with Crippen molar-refractivity contribution < 1.29 is 9.90 Å². The summed E-state index contributed by atoms with van der Waals surface area (Å²) in [4.78, 5) is 19.2. The number of halogens is 3. The smallest absolute Gasteiger partial charge is 0.256 e. The minimum absolute atomic E-state index is 0.0311. The van der Waals surface area contributed by atoms with Crippen LogP contribution in [0.15, 0.2) is 24.4 Å². The van der Waals surface area contributed by atoms with Gasteiger partial charge < -0.3 is 15.3 Å². The van der Waals surface area contributed by atoms with E-state index in [4.69, 9.17) is 34.8 Å². The Morgan fingerprint density at radius 2 is 1.96 bits per heavy atom. The van der Waals surface area contributed by atoms with Gasteiger partial charge in [-0.1, -0.05) is 47.8 Å². The molecule has 1 aliphatic heterocycles. The molecular formula is C19H20Cl3N3O2. The number of nitrogens with one attached hydrogen (secondary N) is 1. The van der Waals surface area contributed by atoms with E-state index in [9.17, 15) is 9.90 Å². The summed E-state index contributed by atoms with van der Waals surface area (Å²) >= 11 is 17.8. The molecule has 3 rings (SSSR count). The van der Waals surface area contributed by atoms with Gasteiger partial charge in [0.2, 0.25) is 0 Å². The van der Waals surface area contributed by atoms with Crippen LogP contribution in [-0.4, -0.2) is 29.1 Å². The molecule has 1 aliphatic rings. The van der Waals surface area contributed by atoms with Crippen LogP contribution in [0.5, 0.6) is 5.75 Å². The third kappa shape index (κ3) is 4.60. The van der Waals surface area contributed by atoms with Crippen molar-refractivity contribution in [2.75, 3.05) is 18.0 Å². The average Bonchev–Trinajstić information content (AvgIpc) is 2.66. The first kappa shape index (κ1) is 20.1. The molecule has 0 atom stereocenters. The Morgan fingerprint density at radius 1 is 1.26 bits per heavy atom. The number of carbonyl (C=O) groups is 1. The summed E-state index contributed by atoms with van der Waals surface area (Å²) in [6.07, 6.45) is 4.08. The molecule has 1 saturated heterocycles. The number of hydrogen-bond acceptors (Lipinski definition) is 4. The van der Waals surface area contributed by atoms with Gasteiger partial charge in [0, 0.05) is 25.8 Å². The second kappa shape index (κ2) is 8.55. The SMILES string of the molecule is CC1CCN(c2ccc(CNC(=O)c3c(O)c(Cl)cc(Cl)c3Cl)cn2)CC1. The number of aromatic nitrogens is 1. The maximum absolute atomic E-state index is 12.4. The highest BCUT2D eigenvalue weighted by Gasteiger charge is 2.21. The summed E-state index contributed by atoms with van der Waals surface area (Å²) in [6, 6.07) is 5.17. The fraction of sp³-hybridized carbons (Fsp3) is 0.368. The van der Waals surface area contributed by atoms with Crippen molar-refractivity contribution in [1.82, 2.24) is 10.3 Å². The van der Waals surface area contributed by atoms with Gasteiger partial charge in [0.05, 0.1) is 15.1 Å². The fourth-order valence-corrected chi connectivity index (χ4v) is 3.70. The second-order valence-corrected chi connectivity index (χ2v) is 7.95. The van der Waals surface area contributed by atoms with Crippen LogP contribution in [0.1, 0.15) is 35.7 Å². The Hall–Kier alpha value is -1.69. The van der Waals surface area contributed by atoms with E-state index in [-0.39, 0.29) is 27.2 Å². The molecule has 1 fully saturated rings. The van der Waals surface area contributed by atoms with Gasteiger partial charge in [-0.15, -0.1) is 0 Å². The minimum Gasteiger partial charge on any atom is -0.505 e. The van der Waals surface area contributed by atoms with Gasteiger partial charge in [-0.05, 0) is 36.5 Å². The van der Waals surface area contributed by atoms with E-state index in [1.165, 1.54) is 18.9 Å². The molecule has 8 heteroatoms. The monoisotopic (exact) mass is 427 g/mol. The zero-order chi connectivity index (χ0) is 19.6. The number of amides is 1. The zero-order valence-corrected chi connectivity index (χ0v) is 17.1. The van der Waals surface area contributed by atoms with E-state index in [2.05, 4.69) is 22.1 Å². The standard InChI is InChI=1S/C19H20Cl3N3O2/c1-11-4-6-25(7-5-11)15-3-2-12(9-23-15)10-24-19(27)16-17(22)13(20)8-14(21)18(16)26/h2-3,8-9,11,26H,4-7,10H2,1H3,(H,24,27). The fourth-order valence-electron chi connectivity index (χ4n) is 3.01. The van der Waals surface area contributed by atoms with Crippen LogP contribution in [0, 0.1) is 5.92 Å². The number of phenolic OH excluding ortho intramolecular Hbond substituents is 1. The molecular weight excluding hydrogens is 409 g/mol. The number of benzene rings is 1. The number of anilines is 1. The highest BCUT2D eigenvalue weighted by molar-refractivity contribution is 6.45. The third-order valence-electron chi connectivity index (χ3n) is 4.74. The summed E-state index contributed by atoms with van der Waals surface area (Å²) in [6.45, 7) is 4.53. The molecule has 2 aromatic rings. The Balaban J connectivity index is 1.65. The summed E-state index contributed by atoms with van der Waals surface area (Å²) in [5.74, 6) is 0.755. The van der Waals surface area contributed by atoms with Gasteiger partial charge in [-0.25, -0.2) is 4.98 Å². The van der Waals surface area contributed by atoms with Crippen molar-refractivity contribution in [1.29, 1.82) is 0 Å². The normalized spacial score (nSPS) is 15.0. The zero-order valence-electron chi connectivity index (χ0n) is 14.8. The van der Waals surface area contributed by atoms with Crippen molar-refractivity contribution in [2.45, 2.75) is 26.3 Å². The Bertz CT molecular complexity index is 809. The first-order chi connectivity index (χ1) is 12.9. The third-order valence-corrected chi connectivity index (χ3v) is 5.82. The van der Waals surface area contributed by atoms with Crippen molar-refractivity contribution in [3.05, 3.63) is 50.6 Å². The number of hydrogen-bond donors (Lipinski definition) is 2. The molecule has 27 heavy (non-hydrogen) atoms. The highest BCUT2D eigenvalue weighted by atomic mass is 35.5. The number of carbonyl (C=O) groups excluding carboxylic acids is 1. The molecule has 2 N–H and O–H groups in total. The van der Waals surface area contributed by atoms with E-state index in [0.717, 1.165) is 30.4 Å². The molecule has 0 spiro atoms. The number of rotatable bonds is 4. The number of nitrogens with zero attached hydrogens (tertiary/aromatic N) is 2. The topological polar surface area (TPSA) is 65.5 Å². The van der Waals surface area contributed by atoms with Crippen LogP contribution < -0.4 is 10.2 Å². The lowest BCUT2D eigenvalue weighted by atomic mass is 9.99. The number of aromatic hydroxyl groups is 1. The molecule has 0 aliphatic carbocycles. The van der Waals surface area contributed by atoms with Gasteiger partial charge in [-0.3, -0.25) is 4.79 Å². The molecule has 0 unspecified atom stereocenters. The molecule has 5 nitrogen and oxygen atoms in total. The highest BCUT2D eigenvalue weighted by Crippen LogP contribution is 2.38. The van der Waals surface area contributed by atoms with Crippen LogP contribution in [0.3, 0.4) is 0 Å². The Labute approximate surface area is 173 Å². The van der Waals surface area contributed by atoms with Crippen molar-refractivity contribution >= 4 is 46.5 Å². The van der Waals surface area contributed by atoms with Gasteiger partial charge in [0.15, 0.2) is 0 Å². The molecule has 0 saturated carbocycles. The lowest BCUT2D eigenvalue weighted by Crippen LogP contribution is -2.33. The van der Waals surface area contributed by atoms with Gasteiger partial charge in [0.25, 0.3) is 5.91 Å². The molecule has 2 heterocycles. The van der Waals surface area contributed by atoms with E-state index < -0.39 is 11.7 Å². The molecule has 0 bridgehead atoms. The van der Waals surface area contributed by atoms with Crippen molar-refractivity contribution in [3.8, 4) is 5.75 Å². The number of piperidine rings is 1. The Morgan fingerprint density at radius 3 is 2.59 bits per heavy atom. The average molecular weight is 429 g/mol. The maximum Gasteiger partial charge on any atom is 0.256 e. The molecule has 0 radical (unpaired) electrons. The molecule has 144 valence electrons. The molecule has 1 amide bonds. The van der Waals surface area contributed by atoms with Gasteiger partial charge in [0.1, 0.15) is 17.1 Å². The number of pyridine rings is 1. The quantitative estimate of drug-likeness (QED) is 0.679. The van der Waals surface area contributed by atoms with Crippen LogP contribution >= 0.6 is 34.8 Å². The summed E-state index contributed by atoms with van der Waals surface area (Å²) in [7, 11) is 0. The van der Waals surface area contributed by atoms with Crippen LogP contribution in [0.25, 0.3) is 0 Å². The second-order valence-electron chi connectivity index (χ2n) is 6.75. The van der Waals surface area contributed by atoms with Crippen molar-refractivity contribution in [2.24, 2.45) is 5.92 Å². The van der Waals surface area contributed by atoms with Crippen LogP contribution in [0.2, 0.25) is 15.1 Å². The van der Waals surface area contributed by atoms with E-state index in [1.807, 2.05) is 12.1 Å². The largest absolute Gasteiger partial charge is 0.505 e. The summed E-state index contributed by atoms with van der Waals surface area (Å²) in [5, 5.41) is 12.8. The van der Waals surface area contributed by atoms with E-state index >= 15 is 0 Å². The molecule has 1 aromatic carbocycles. The van der Waals surface area contributed by atoms with Crippen LogP contribution in [0.4, 0.5) is 5.82 Å². The number of phenols is 1. The van der Waals surface area contributed by atoms with Crippen molar-refractivity contribution in [3.63, 3.8) is 0 Å². The minimum atomic E-state index is -0.559. The van der Waals surface area contributed by atoms with E-state index in [1.54, 1.807) is 6.20 Å². The van der Waals surface area contributed by atoms with Gasteiger partial charge in [-0.2, -0.15) is 0 Å². The maximum atomic E-state index is 12.4. The van der Waals surface area contributed by atoms with Crippen LogP contribution in [-0.2, 0) is 6.54 Å². The first-order valence-corrected chi connectivity index (χ1v) is 9.84. The summed E-state index contributed by atoms with van der Waals surface area (Å²) < 4.78 is 0. The predicted molar refractivity (Wildman–Crippen MR) is 109 cm³/mol. The molecule has 1 aromatic heterocycles. The first-order valence-electron chi connectivity index (χ1n) is 8.71.